The number of ketones is 1. The Morgan fingerprint density at radius 2 is 1.80 bits per heavy atom. The smallest absolute Gasteiger partial charge is 0.301 e. The van der Waals surface area contributed by atoms with Crippen LogP contribution in [0, 0.1) is 5.82 Å². The maximum absolute atomic E-state index is 13.6. The molecule has 5 rings (SSSR count). The topological polar surface area (TPSA) is 92.6 Å². The molecular weight excluding hydrogens is 561 g/mol. The number of benzene rings is 3. The molecule has 1 aliphatic rings. The molecule has 1 aromatic heterocycles. The van der Waals surface area contributed by atoms with Crippen molar-refractivity contribution in [2.75, 3.05) is 11.5 Å². The molecule has 1 N–H and O–H groups in total. The highest BCUT2D eigenvalue weighted by atomic mass is 32.2. The van der Waals surface area contributed by atoms with Crippen molar-refractivity contribution in [2.24, 2.45) is 0 Å². The van der Waals surface area contributed by atoms with Crippen LogP contribution in [0.15, 0.2) is 88.8 Å². The van der Waals surface area contributed by atoms with Gasteiger partial charge in [-0.25, -0.2) is 4.39 Å². The summed E-state index contributed by atoms with van der Waals surface area (Å²) in [6, 6.07) is 21.1. The van der Waals surface area contributed by atoms with Gasteiger partial charge in [0.15, 0.2) is 4.34 Å². The highest BCUT2D eigenvalue weighted by Crippen LogP contribution is 2.44. The predicted molar refractivity (Wildman–Crippen MR) is 159 cm³/mol. The second-order valence-corrected chi connectivity index (χ2v) is 11.6. The minimum Gasteiger partial charge on any atom is -0.507 e. The molecule has 0 aliphatic carbocycles. The van der Waals surface area contributed by atoms with Crippen molar-refractivity contribution >= 4 is 45.7 Å². The fourth-order valence-corrected chi connectivity index (χ4v) is 6.33. The number of carbonyl (C=O) groups is 2. The van der Waals surface area contributed by atoms with Crippen molar-refractivity contribution in [3.8, 4) is 5.75 Å². The predicted octanol–water partition coefficient (Wildman–Crippen LogP) is 7.16. The number of aliphatic hydroxyl groups excluding tert-OH is 1. The lowest BCUT2D eigenvalue weighted by atomic mass is 9.95. The number of aromatic nitrogens is 2. The van der Waals surface area contributed by atoms with E-state index in [0.717, 1.165) is 24.8 Å². The molecule has 210 valence electrons. The molecule has 0 radical (unpaired) electrons. The van der Waals surface area contributed by atoms with Gasteiger partial charge in [0, 0.05) is 11.3 Å². The van der Waals surface area contributed by atoms with E-state index in [1.807, 2.05) is 36.4 Å². The van der Waals surface area contributed by atoms with Gasteiger partial charge in [0.25, 0.3) is 5.78 Å². The van der Waals surface area contributed by atoms with Crippen molar-refractivity contribution in [1.82, 2.24) is 10.2 Å². The number of nitrogens with zero attached hydrogens (tertiary/aromatic N) is 3. The molecule has 0 saturated carbocycles. The van der Waals surface area contributed by atoms with E-state index < -0.39 is 29.3 Å². The zero-order chi connectivity index (χ0) is 28.8. The molecule has 1 atom stereocenters. The third kappa shape index (κ3) is 6.49. The maximum Gasteiger partial charge on any atom is 0.301 e. The molecule has 10 heteroatoms. The number of thioether (sulfide) groups is 1. The molecule has 1 fully saturated rings. The fraction of sp³-hybridized carbons (Fsp3) is 0.226. The molecule has 7 nitrogen and oxygen atoms in total. The Kier molecular flexibility index (Phi) is 9.11. The second-order valence-electron chi connectivity index (χ2n) is 9.43. The van der Waals surface area contributed by atoms with Gasteiger partial charge in [-0.2, -0.15) is 0 Å². The number of anilines is 1. The van der Waals surface area contributed by atoms with Crippen LogP contribution < -0.4 is 9.64 Å². The number of hydrogen-bond donors (Lipinski definition) is 1. The number of aliphatic hydroxyl groups is 1. The summed E-state index contributed by atoms with van der Waals surface area (Å²) in [4.78, 5) is 28.2. The van der Waals surface area contributed by atoms with E-state index in [-0.39, 0.29) is 16.3 Å². The first-order valence-electron chi connectivity index (χ1n) is 13.3. The number of rotatable bonds is 11. The average Bonchev–Trinajstić information content (AvgIpc) is 3.57. The van der Waals surface area contributed by atoms with E-state index in [1.54, 1.807) is 18.2 Å². The lowest BCUT2D eigenvalue weighted by molar-refractivity contribution is -0.132. The summed E-state index contributed by atoms with van der Waals surface area (Å²) in [7, 11) is 0. The van der Waals surface area contributed by atoms with Crippen LogP contribution in [0.4, 0.5) is 9.52 Å². The first-order chi connectivity index (χ1) is 20.0. The maximum atomic E-state index is 13.6. The van der Waals surface area contributed by atoms with Crippen LogP contribution in [-0.2, 0) is 15.3 Å². The van der Waals surface area contributed by atoms with Crippen molar-refractivity contribution in [3.63, 3.8) is 0 Å². The Balaban J connectivity index is 1.52. The second kappa shape index (κ2) is 13.1. The standard InChI is InChI=1S/C31H28FN3O4S2/c1-2-3-7-17-39-24-12-8-11-22(18-24)26-25(27(36)21-13-15-23(32)16-14-21)28(37)29(38)35(26)30-33-34-31(41-30)40-19-20-9-5-4-6-10-20/h4-6,8-16,18,26,36H,2-3,7,17,19H2,1H3/b27-25+. The Bertz CT molecular complexity index is 1560. The number of unbranched alkanes of at least 4 members (excludes halogenated alkanes) is 2. The number of hydrogen-bond acceptors (Lipinski definition) is 8. The van der Waals surface area contributed by atoms with E-state index in [0.29, 0.717) is 28.0 Å². The van der Waals surface area contributed by atoms with Gasteiger partial charge in [0.2, 0.25) is 5.13 Å². The number of Topliss-reactive ketones (excluding diaryl/α,β-unsaturated/α-hetero) is 1. The van der Waals surface area contributed by atoms with Crippen LogP contribution in [0.5, 0.6) is 5.75 Å². The molecule has 2 heterocycles. The Morgan fingerprint density at radius 3 is 2.56 bits per heavy atom. The van der Waals surface area contributed by atoms with Crippen molar-refractivity contribution in [2.45, 2.75) is 42.3 Å². The molecule has 41 heavy (non-hydrogen) atoms. The van der Waals surface area contributed by atoms with Gasteiger partial charge < -0.3 is 9.84 Å². The van der Waals surface area contributed by atoms with Gasteiger partial charge in [0.1, 0.15) is 17.3 Å². The van der Waals surface area contributed by atoms with Gasteiger partial charge in [-0.3, -0.25) is 14.5 Å². The summed E-state index contributed by atoms with van der Waals surface area (Å²) < 4.78 is 20.2. The van der Waals surface area contributed by atoms with Crippen molar-refractivity contribution < 1.29 is 23.8 Å². The first-order valence-corrected chi connectivity index (χ1v) is 15.1. The molecule has 0 bridgehead atoms. The van der Waals surface area contributed by atoms with Gasteiger partial charge in [-0.05, 0) is 53.9 Å². The van der Waals surface area contributed by atoms with Gasteiger partial charge in [-0.1, -0.05) is 85.3 Å². The summed E-state index contributed by atoms with van der Waals surface area (Å²) in [6.07, 6.45) is 3.01. The van der Waals surface area contributed by atoms with Crippen LogP contribution in [-0.4, -0.2) is 33.6 Å². The molecule has 4 aromatic rings. The highest BCUT2D eigenvalue weighted by molar-refractivity contribution is 8.00. The monoisotopic (exact) mass is 589 g/mol. The average molecular weight is 590 g/mol. The van der Waals surface area contributed by atoms with Gasteiger partial charge in [-0.15, -0.1) is 10.2 Å². The van der Waals surface area contributed by atoms with E-state index in [2.05, 4.69) is 17.1 Å². The quantitative estimate of drug-likeness (QED) is 0.0495. The molecule has 1 amide bonds. The summed E-state index contributed by atoms with van der Waals surface area (Å²) in [5.41, 5.74) is 1.79. The summed E-state index contributed by atoms with van der Waals surface area (Å²) in [5, 5.41) is 20.0. The fourth-order valence-electron chi connectivity index (χ4n) is 4.50. The Labute approximate surface area is 245 Å². The van der Waals surface area contributed by atoms with Crippen LogP contribution in [0.1, 0.15) is 48.9 Å². The Morgan fingerprint density at radius 1 is 1.02 bits per heavy atom. The minimum absolute atomic E-state index is 0.113. The summed E-state index contributed by atoms with van der Waals surface area (Å²) >= 11 is 2.68. The molecule has 3 aromatic carbocycles. The minimum atomic E-state index is -0.987. The van der Waals surface area contributed by atoms with Gasteiger partial charge in [0.05, 0.1) is 18.2 Å². The molecule has 0 spiro atoms. The molecule has 1 saturated heterocycles. The first kappa shape index (κ1) is 28.5. The van der Waals surface area contributed by atoms with E-state index in [9.17, 15) is 19.1 Å². The lowest BCUT2D eigenvalue weighted by Crippen LogP contribution is -2.29. The number of amides is 1. The van der Waals surface area contributed by atoms with Crippen molar-refractivity contribution in [1.29, 1.82) is 0 Å². The lowest BCUT2D eigenvalue weighted by Gasteiger charge is -2.23. The number of carbonyl (C=O) groups excluding carboxylic acids is 2. The number of ether oxygens (including phenoxy) is 1. The highest BCUT2D eigenvalue weighted by Gasteiger charge is 2.48. The largest absolute Gasteiger partial charge is 0.507 e. The normalized spacial score (nSPS) is 16.3. The summed E-state index contributed by atoms with van der Waals surface area (Å²) in [6.45, 7) is 2.65. The van der Waals surface area contributed by atoms with E-state index in [1.165, 1.54) is 52.3 Å². The number of halogens is 1. The zero-order valence-electron chi connectivity index (χ0n) is 22.3. The van der Waals surface area contributed by atoms with Crippen LogP contribution in [0.25, 0.3) is 5.76 Å². The third-order valence-electron chi connectivity index (χ3n) is 6.56. The van der Waals surface area contributed by atoms with E-state index in [4.69, 9.17) is 4.74 Å². The summed E-state index contributed by atoms with van der Waals surface area (Å²) in [5.74, 6) is -1.32. The zero-order valence-corrected chi connectivity index (χ0v) is 24.0. The molecule has 1 aliphatic heterocycles. The third-order valence-corrected chi connectivity index (χ3v) is 8.69. The molecular formula is C31H28FN3O4S2. The van der Waals surface area contributed by atoms with Crippen molar-refractivity contribution in [3.05, 3.63) is 107 Å². The van der Waals surface area contributed by atoms with Crippen LogP contribution in [0.3, 0.4) is 0 Å². The molecule has 1 unspecified atom stereocenters. The SMILES string of the molecule is CCCCCOc1cccc(C2/C(=C(\O)c3ccc(F)cc3)C(=O)C(=O)N2c2nnc(SCc3ccccc3)s2)c1. The van der Waals surface area contributed by atoms with Gasteiger partial charge >= 0.3 is 5.91 Å². The van der Waals surface area contributed by atoms with Crippen LogP contribution >= 0.6 is 23.1 Å². The Hall–Kier alpha value is -4.02. The van der Waals surface area contributed by atoms with Crippen LogP contribution in [0.2, 0.25) is 0 Å². The van der Waals surface area contributed by atoms with E-state index >= 15 is 0 Å².